The average Bonchev–Trinajstić information content (AvgIpc) is 4.00. The minimum atomic E-state index is 0.999. The smallest absolute Gasteiger partial charge is 0.0722 e. The lowest BCUT2D eigenvalue weighted by Crippen LogP contribution is -1.94. The fourth-order valence-corrected chi connectivity index (χ4v) is 10.7. The zero-order valence-electron chi connectivity index (χ0n) is 34.7. The molecule has 3 aromatic heterocycles. The van der Waals surface area contributed by atoms with Crippen molar-refractivity contribution in [3.63, 3.8) is 0 Å². The minimum absolute atomic E-state index is 0.999. The molecule has 0 radical (unpaired) electrons. The standard InChI is InChI=1S/C61H37N3/c1-2-11-38(12-3-1)39-23-28-45(29-24-39)63-57-19-8-6-15-49(57)52-35-42(26-31-59(52)63)43-27-32-60-53(36-43)50-16-7-9-20-58(50)64(60)46-30-25-40-33-44(22-21-41(40)34-46)56-37-54-48-14-5-4-13-47(48)51-17-10-18-55(62-56)61(51)54/h1-37H. The fourth-order valence-electron chi connectivity index (χ4n) is 10.7. The Kier molecular flexibility index (Phi) is 7.40. The zero-order chi connectivity index (χ0) is 41.9. The largest absolute Gasteiger partial charge is 0.309 e. The normalized spacial score (nSPS) is 12.1. The molecule has 0 unspecified atom stereocenters. The fraction of sp³-hybridized carbons (Fsp3) is 0. The SMILES string of the molecule is c1ccc(-c2ccc(-n3c4ccccc4c4cc(-c5ccc6c(c5)c5ccccc5n6-c5ccc6cc(-c7cc8c9c(cccc9n7)-c7ccccc7-8)ccc6c5)ccc43)cc2)cc1. The molecule has 0 N–H and O–H groups in total. The molecule has 3 heterocycles. The molecule has 0 bridgehead atoms. The van der Waals surface area contributed by atoms with E-state index in [9.17, 15) is 0 Å². The lowest BCUT2D eigenvalue weighted by Gasteiger charge is -2.12. The average molecular weight is 812 g/mol. The summed E-state index contributed by atoms with van der Waals surface area (Å²) < 4.78 is 4.82. The summed E-state index contributed by atoms with van der Waals surface area (Å²) in [6, 6.07) is 82.1. The topological polar surface area (TPSA) is 22.8 Å². The molecular weight excluding hydrogens is 775 g/mol. The van der Waals surface area contributed by atoms with Crippen LogP contribution >= 0.6 is 0 Å². The van der Waals surface area contributed by atoms with Crippen molar-refractivity contribution in [1.82, 2.24) is 14.1 Å². The zero-order valence-corrected chi connectivity index (χ0v) is 34.7. The first-order chi connectivity index (χ1) is 31.7. The second kappa shape index (κ2) is 13.5. The number of nitrogens with zero attached hydrogens (tertiary/aromatic N) is 3. The third kappa shape index (κ3) is 5.19. The highest BCUT2D eigenvalue weighted by atomic mass is 15.0. The summed E-state index contributed by atoms with van der Waals surface area (Å²) in [5.41, 5.74) is 20.2. The van der Waals surface area contributed by atoms with Gasteiger partial charge in [-0.3, -0.25) is 0 Å². The van der Waals surface area contributed by atoms with Gasteiger partial charge in [-0.05, 0) is 134 Å². The molecule has 1 aliphatic carbocycles. The number of rotatable bonds is 5. The van der Waals surface area contributed by atoms with Gasteiger partial charge in [-0.25, -0.2) is 4.98 Å². The first-order valence-electron chi connectivity index (χ1n) is 22.0. The molecule has 64 heavy (non-hydrogen) atoms. The predicted octanol–water partition coefficient (Wildman–Crippen LogP) is 16.2. The van der Waals surface area contributed by atoms with E-state index < -0.39 is 0 Å². The van der Waals surface area contributed by atoms with Gasteiger partial charge < -0.3 is 9.13 Å². The van der Waals surface area contributed by atoms with Crippen molar-refractivity contribution in [2.75, 3.05) is 0 Å². The van der Waals surface area contributed by atoms with Crippen LogP contribution in [0.2, 0.25) is 0 Å². The van der Waals surface area contributed by atoms with E-state index in [2.05, 4.69) is 234 Å². The van der Waals surface area contributed by atoms with E-state index in [4.69, 9.17) is 4.98 Å². The van der Waals surface area contributed by atoms with Gasteiger partial charge in [0, 0.05) is 43.9 Å². The van der Waals surface area contributed by atoms with E-state index in [1.807, 2.05) is 0 Å². The van der Waals surface area contributed by atoms with E-state index in [1.165, 1.54) is 104 Å². The maximum Gasteiger partial charge on any atom is 0.0722 e. The summed E-state index contributed by atoms with van der Waals surface area (Å²) in [5, 5.41) is 8.62. The summed E-state index contributed by atoms with van der Waals surface area (Å²) in [7, 11) is 0. The van der Waals surface area contributed by atoms with Crippen LogP contribution in [-0.2, 0) is 0 Å². The molecule has 3 nitrogen and oxygen atoms in total. The molecule has 3 heteroatoms. The third-order valence-electron chi connectivity index (χ3n) is 13.6. The summed E-state index contributed by atoms with van der Waals surface area (Å²) in [6.07, 6.45) is 0. The Morgan fingerprint density at radius 1 is 0.281 bits per heavy atom. The van der Waals surface area contributed by atoms with Gasteiger partial charge in [0.05, 0.1) is 33.3 Å². The van der Waals surface area contributed by atoms with Gasteiger partial charge in [0.15, 0.2) is 0 Å². The van der Waals surface area contributed by atoms with E-state index in [0.717, 1.165) is 28.1 Å². The number of benzene rings is 10. The Labute approximate surface area is 369 Å². The molecule has 0 saturated carbocycles. The molecule has 0 fully saturated rings. The van der Waals surface area contributed by atoms with Crippen LogP contribution in [0.3, 0.4) is 0 Å². The molecule has 0 atom stereocenters. The number of fused-ring (bicyclic) bond motifs is 10. The quantitative estimate of drug-likeness (QED) is 0.170. The molecule has 1 aliphatic rings. The predicted molar refractivity (Wildman–Crippen MR) is 269 cm³/mol. The molecule has 296 valence electrons. The van der Waals surface area contributed by atoms with Crippen molar-refractivity contribution in [2.24, 2.45) is 0 Å². The second-order valence-corrected chi connectivity index (χ2v) is 17.1. The highest BCUT2D eigenvalue weighted by molar-refractivity contribution is 6.16. The number of pyridine rings is 1. The Hall–Kier alpha value is -8.53. The van der Waals surface area contributed by atoms with Gasteiger partial charge in [0.2, 0.25) is 0 Å². The van der Waals surface area contributed by atoms with Gasteiger partial charge in [-0.1, -0.05) is 146 Å². The molecule has 0 aliphatic heterocycles. The number of aromatic nitrogens is 3. The molecule has 0 amide bonds. The second-order valence-electron chi connectivity index (χ2n) is 17.1. The molecule has 0 saturated heterocycles. The Morgan fingerprint density at radius 2 is 0.797 bits per heavy atom. The monoisotopic (exact) mass is 811 g/mol. The maximum absolute atomic E-state index is 5.20. The molecular formula is C61H37N3. The minimum Gasteiger partial charge on any atom is -0.309 e. The Balaban J connectivity index is 0.844. The van der Waals surface area contributed by atoms with Gasteiger partial charge >= 0.3 is 0 Å². The van der Waals surface area contributed by atoms with Crippen LogP contribution in [0.4, 0.5) is 0 Å². The van der Waals surface area contributed by atoms with Crippen LogP contribution in [0.1, 0.15) is 0 Å². The summed E-state index contributed by atoms with van der Waals surface area (Å²) in [5.74, 6) is 0. The first kappa shape index (κ1) is 35.1. The Bertz CT molecular complexity index is 4060. The third-order valence-corrected chi connectivity index (χ3v) is 13.6. The maximum atomic E-state index is 5.20. The van der Waals surface area contributed by atoms with Crippen molar-refractivity contribution in [2.45, 2.75) is 0 Å². The van der Waals surface area contributed by atoms with E-state index in [0.29, 0.717) is 0 Å². The van der Waals surface area contributed by atoms with Crippen LogP contribution in [0.5, 0.6) is 0 Å². The van der Waals surface area contributed by atoms with E-state index >= 15 is 0 Å². The summed E-state index contributed by atoms with van der Waals surface area (Å²) in [4.78, 5) is 5.20. The van der Waals surface area contributed by atoms with Crippen LogP contribution in [0.25, 0.3) is 132 Å². The van der Waals surface area contributed by atoms with Crippen molar-refractivity contribution >= 4 is 65.3 Å². The van der Waals surface area contributed by atoms with Crippen molar-refractivity contribution < 1.29 is 0 Å². The van der Waals surface area contributed by atoms with E-state index in [1.54, 1.807) is 0 Å². The number of para-hydroxylation sites is 2. The Morgan fingerprint density at radius 3 is 1.52 bits per heavy atom. The highest BCUT2D eigenvalue weighted by Crippen LogP contribution is 2.48. The molecule has 14 rings (SSSR count). The molecule has 10 aromatic carbocycles. The molecule has 0 spiro atoms. The van der Waals surface area contributed by atoms with Crippen molar-refractivity contribution in [1.29, 1.82) is 0 Å². The van der Waals surface area contributed by atoms with Gasteiger partial charge in [0.25, 0.3) is 0 Å². The van der Waals surface area contributed by atoms with Crippen LogP contribution in [0, 0.1) is 0 Å². The van der Waals surface area contributed by atoms with Crippen LogP contribution in [0.15, 0.2) is 224 Å². The summed E-state index contributed by atoms with van der Waals surface area (Å²) >= 11 is 0. The number of hydrogen-bond acceptors (Lipinski definition) is 1. The number of hydrogen-bond donors (Lipinski definition) is 0. The lowest BCUT2D eigenvalue weighted by atomic mass is 10.00. The van der Waals surface area contributed by atoms with E-state index in [-0.39, 0.29) is 0 Å². The van der Waals surface area contributed by atoms with Gasteiger partial charge in [-0.15, -0.1) is 0 Å². The highest BCUT2D eigenvalue weighted by Gasteiger charge is 2.23. The molecule has 13 aromatic rings. The van der Waals surface area contributed by atoms with Gasteiger partial charge in [-0.2, -0.15) is 0 Å². The lowest BCUT2D eigenvalue weighted by molar-refractivity contribution is 1.18. The van der Waals surface area contributed by atoms with Crippen molar-refractivity contribution in [3.05, 3.63) is 224 Å². The van der Waals surface area contributed by atoms with Crippen LogP contribution in [-0.4, -0.2) is 14.1 Å². The van der Waals surface area contributed by atoms with Crippen molar-refractivity contribution in [3.8, 4) is 67.1 Å². The summed E-state index contributed by atoms with van der Waals surface area (Å²) in [6.45, 7) is 0. The van der Waals surface area contributed by atoms with Crippen LogP contribution < -0.4 is 0 Å². The van der Waals surface area contributed by atoms with Gasteiger partial charge in [0.1, 0.15) is 0 Å². The first-order valence-corrected chi connectivity index (χ1v) is 22.0.